The summed E-state index contributed by atoms with van der Waals surface area (Å²) in [6.45, 7) is 13.4. The molecular weight excluding hydrogens is 232 g/mol. The van der Waals surface area contributed by atoms with Crippen LogP contribution in [0, 0.1) is 0 Å². The molecule has 0 amide bonds. The fraction of sp³-hybridized carbons (Fsp3) is 1.00. The predicted octanol–water partition coefficient (Wildman–Crippen LogP) is 1.44. The van der Waals surface area contributed by atoms with Gasteiger partial charge < -0.3 is 14.2 Å². The van der Waals surface area contributed by atoms with Gasteiger partial charge in [0.25, 0.3) is 0 Å². The van der Waals surface area contributed by atoms with Crippen LogP contribution in [0.15, 0.2) is 0 Å². The van der Waals surface area contributed by atoms with E-state index in [9.17, 15) is 0 Å². The monoisotopic (exact) mass is 258 g/mol. The van der Waals surface area contributed by atoms with Gasteiger partial charge in [-0.15, -0.1) is 0 Å². The number of ether oxygens (including phenoxy) is 3. The van der Waals surface area contributed by atoms with Crippen molar-refractivity contribution in [2.24, 2.45) is 0 Å². The second kappa shape index (κ2) is 5.43. The molecule has 0 aromatic carbocycles. The molecule has 2 rings (SSSR count). The van der Waals surface area contributed by atoms with Gasteiger partial charge in [-0.3, -0.25) is 9.80 Å². The maximum atomic E-state index is 5.60. The van der Waals surface area contributed by atoms with E-state index < -0.39 is 0 Å². The van der Waals surface area contributed by atoms with Crippen molar-refractivity contribution >= 4 is 0 Å². The average molecular weight is 258 g/mol. The van der Waals surface area contributed by atoms with E-state index in [0.717, 1.165) is 19.6 Å². The Labute approximate surface area is 110 Å². The highest BCUT2D eigenvalue weighted by molar-refractivity contribution is 5.02. The molecule has 18 heavy (non-hydrogen) atoms. The van der Waals surface area contributed by atoms with Crippen LogP contribution >= 0.6 is 0 Å². The van der Waals surface area contributed by atoms with E-state index in [-0.39, 0.29) is 11.1 Å². The summed E-state index contributed by atoms with van der Waals surface area (Å²) in [7, 11) is 0. The summed E-state index contributed by atoms with van der Waals surface area (Å²) in [4.78, 5) is 4.65. The van der Waals surface area contributed by atoms with Gasteiger partial charge in [0, 0.05) is 24.2 Å². The summed E-state index contributed by atoms with van der Waals surface area (Å²) in [5.41, 5.74) is -0.0500. The van der Waals surface area contributed by atoms with Gasteiger partial charge in [-0.25, -0.2) is 0 Å². The van der Waals surface area contributed by atoms with Crippen LogP contribution in [0.3, 0.4) is 0 Å². The zero-order valence-electron chi connectivity index (χ0n) is 12.1. The first-order valence-corrected chi connectivity index (χ1v) is 6.69. The van der Waals surface area contributed by atoms with Crippen LogP contribution in [0.2, 0.25) is 0 Å². The summed E-state index contributed by atoms with van der Waals surface area (Å²) in [6.07, 6.45) is 1.10. The quantitative estimate of drug-likeness (QED) is 0.765. The Bertz CT molecular complexity index is 241. The predicted molar refractivity (Wildman–Crippen MR) is 68.9 cm³/mol. The number of hydrogen-bond donors (Lipinski definition) is 0. The Balaban J connectivity index is 2.09. The van der Waals surface area contributed by atoms with E-state index in [0.29, 0.717) is 27.0 Å². The minimum Gasteiger partial charge on any atom is -0.366 e. The fourth-order valence-corrected chi connectivity index (χ4v) is 2.53. The van der Waals surface area contributed by atoms with Crippen molar-refractivity contribution in [3.8, 4) is 0 Å². The molecule has 0 N–H and O–H groups in total. The van der Waals surface area contributed by atoms with Crippen molar-refractivity contribution in [3.05, 3.63) is 0 Å². The van der Waals surface area contributed by atoms with E-state index in [1.165, 1.54) is 0 Å². The molecular formula is C13H26N2O3. The molecule has 2 fully saturated rings. The zero-order chi connectivity index (χ0) is 13.2. The third-order valence-electron chi connectivity index (χ3n) is 4.70. The maximum Gasteiger partial charge on any atom is 0.150 e. The number of nitrogens with zero attached hydrogens (tertiary/aromatic N) is 2. The van der Waals surface area contributed by atoms with Crippen molar-refractivity contribution < 1.29 is 14.2 Å². The van der Waals surface area contributed by atoms with E-state index in [2.05, 4.69) is 37.5 Å². The summed E-state index contributed by atoms with van der Waals surface area (Å²) >= 11 is 0. The second-order valence-electron chi connectivity index (χ2n) is 6.10. The molecule has 0 aromatic heterocycles. The van der Waals surface area contributed by atoms with Gasteiger partial charge in [-0.05, 0) is 34.1 Å². The van der Waals surface area contributed by atoms with Crippen LogP contribution in [0.5, 0.6) is 0 Å². The van der Waals surface area contributed by atoms with Gasteiger partial charge in [-0.1, -0.05) is 0 Å². The van der Waals surface area contributed by atoms with Crippen molar-refractivity contribution in [3.63, 3.8) is 0 Å². The molecule has 0 bridgehead atoms. The third-order valence-corrected chi connectivity index (χ3v) is 4.70. The summed E-state index contributed by atoms with van der Waals surface area (Å²) in [5.74, 6) is 0. The topological polar surface area (TPSA) is 34.2 Å². The summed E-state index contributed by atoms with van der Waals surface area (Å²) < 4.78 is 16.4. The highest BCUT2D eigenvalue weighted by Crippen LogP contribution is 2.34. The second-order valence-corrected chi connectivity index (χ2v) is 6.10. The Morgan fingerprint density at radius 3 is 1.89 bits per heavy atom. The first kappa shape index (κ1) is 14.2. The average Bonchev–Trinajstić information content (AvgIpc) is 2.40. The van der Waals surface area contributed by atoms with E-state index in [4.69, 9.17) is 14.2 Å². The minimum atomic E-state index is -0.0475. The molecule has 5 heteroatoms. The van der Waals surface area contributed by atoms with Gasteiger partial charge in [0.15, 0.2) is 0 Å². The van der Waals surface area contributed by atoms with Crippen LogP contribution < -0.4 is 0 Å². The SMILES string of the molecule is CC(C)(N1CCCOC1)C(C)(C)N1COCOC1. The molecule has 0 radical (unpaired) electrons. The van der Waals surface area contributed by atoms with Crippen molar-refractivity contribution in [1.82, 2.24) is 9.80 Å². The highest BCUT2D eigenvalue weighted by Gasteiger charge is 2.46. The molecule has 2 aliphatic heterocycles. The molecule has 2 heterocycles. The summed E-state index contributed by atoms with van der Waals surface area (Å²) in [5, 5.41) is 0. The lowest BCUT2D eigenvalue weighted by molar-refractivity contribution is -0.230. The van der Waals surface area contributed by atoms with Crippen molar-refractivity contribution in [1.29, 1.82) is 0 Å². The van der Waals surface area contributed by atoms with Crippen LogP contribution in [-0.2, 0) is 14.2 Å². The number of hydrogen-bond acceptors (Lipinski definition) is 5. The lowest BCUT2D eigenvalue weighted by Gasteiger charge is -2.55. The maximum absolute atomic E-state index is 5.60. The molecule has 0 atom stereocenters. The summed E-state index contributed by atoms with van der Waals surface area (Å²) in [6, 6.07) is 0. The van der Waals surface area contributed by atoms with E-state index in [1.54, 1.807) is 0 Å². The van der Waals surface area contributed by atoms with E-state index >= 15 is 0 Å². The highest BCUT2D eigenvalue weighted by atomic mass is 16.7. The zero-order valence-corrected chi connectivity index (χ0v) is 12.1. The van der Waals surface area contributed by atoms with Gasteiger partial charge in [-0.2, -0.15) is 0 Å². The van der Waals surface area contributed by atoms with Crippen molar-refractivity contribution in [2.45, 2.75) is 45.2 Å². The van der Waals surface area contributed by atoms with Crippen LogP contribution in [0.25, 0.3) is 0 Å². The lowest BCUT2D eigenvalue weighted by atomic mass is 9.79. The first-order valence-electron chi connectivity index (χ1n) is 6.69. The van der Waals surface area contributed by atoms with Crippen LogP contribution in [-0.4, -0.2) is 61.0 Å². The Hall–Kier alpha value is -0.200. The molecule has 0 unspecified atom stereocenters. The smallest absolute Gasteiger partial charge is 0.150 e. The standard InChI is InChI=1S/C13H26N2O3/c1-12(2,14-6-5-7-16-8-14)13(3,4)15-9-17-11-18-10-15/h5-11H2,1-4H3. The molecule has 5 nitrogen and oxygen atoms in total. The Morgan fingerprint density at radius 2 is 1.33 bits per heavy atom. The molecule has 106 valence electrons. The van der Waals surface area contributed by atoms with Crippen LogP contribution in [0.4, 0.5) is 0 Å². The normalized spacial score (nSPS) is 25.3. The molecule has 2 aliphatic rings. The minimum absolute atomic E-state index is 0.00250. The molecule has 0 aromatic rings. The van der Waals surface area contributed by atoms with Crippen molar-refractivity contribution in [2.75, 3.05) is 40.1 Å². The Morgan fingerprint density at radius 1 is 0.778 bits per heavy atom. The van der Waals surface area contributed by atoms with Gasteiger partial charge in [0.1, 0.15) is 20.3 Å². The first-order chi connectivity index (χ1) is 8.46. The Kier molecular flexibility index (Phi) is 4.29. The number of rotatable bonds is 3. The van der Waals surface area contributed by atoms with Crippen LogP contribution in [0.1, 0.15) is 34.1 Å². The molecule has 0 aliphatic carbocycles. The molecule has 0 spiro atoms. The third kappa shape index (κ3) is 2.56. The lowest BCUT2D eigenvalue weighted by Crippen LogP contribution is -2.67. The molecule has 0 saturated carbocycles. The van der Waals surface area contributed by atoms with Gasteiger partial charge in [0.05, 0.1) is 6.73 Å². The molecule has 2 saturated heterocycles. The fourth-order valence-electron chi connectivity index (χ4n) is 2.53. The van der Waals surface area contributed by atoms with E-state index in [1.807, 2.05) is 0 Å². The van der Waals surface area contributed by atoms with Gasteiger partial charge in [0.2, 0.25) is 0 Å². The van der Waals surface area contributed by atoms with Gasteiger partial charge >= 0.3 is 0 Å². The largest absolute Gasteiger partial charge is 0.366 e.